The molecule has 0 atom stereocenters. The molecule has 1 amide bonds. The Kier molecular flexibility index (Phi) is 5.75. The van der Waals surface area contributed by atoms with Crippen molar-refractivity contribution < 1.29 is 18.0 Å². The third-order valence-electron chi connectivity index (χ3n) is 3.55. The number of Topliss-reactive ketones (excluding diaryl/α,β-unsaturated/α-hetero) is 1. The number of ketones is 1. The number of carbonyl (C=O) groups is 2. The molecule has 2 aromatic rings. The number of anilines is 2. The average Bonchev–Trinajstić information content (AvgIpc) is 2.59. The average molecular weight is 371 g/mol. The molecule has 0 aromatic heterocycles. The Hall–Kier alpha value is -3.18. The first-order valence-electron chi connectivity index (χ1n) is 7.60. The van der Waals surface area contributed by atoms with E-state index in [1.807, 2.05) is 6.07 Å². The Morgan fingerprint density at radius 2 is 1.85 bits per heavy atom. The molecule has 0 heterocycles. The minimum absolute atomic E-state index is 0.212. The van der Waals surface area contributed by atoms with Gasteiger partial charge in [0.05, 0.1) is 23.2 Å². The van der Waals surface area contributed by atoms with Gasteiger partial charge in [0.1, 0.15) is 12.6 Å². The molecule has 0 unspecified atom stereocenters. The molecule has 134 valence electrons. The summed E-state index contributed by atoms with van der Waals surface area (Å²) in [6, 6.07) is 14.4. The summed E-state index contributed by atoms with van der Waals surface area (Å²) in [6.07, 6.45) is 0.976. The van der Waals surface area contributed by atoms with Crippen molar-refractivity contribution in [3.63, 3.8) is 0 Å². The summed E-state index contributed by atoms with van der Waals surface area (Å²) >= 11 is 0. The smallest absolute Gasteiger partial charge is 0.245 e. The standard InChI is InChI=1S/C18H17N3O4S/c1-13(22)14-7-5-8-16(10-14)21(26(2,24)25)12-18(23)20-17-9-4-3-6-15(17)11-19/h3-10H,12H2,1-2H3,(H,20,23). The summed E-state index contributed by atoms with van der Waals surface area (Å²) in [7, 11) is -3.77. The summed E-state index contributed by atoms with van der Waals surface area (Å²) < 4.78 is 25.2. The van der Waals surface area contributed by atoms with E-state index in [4.69, 9.17) is 5.26 Å². The van der Waals surface area contributed by atoms with Crippen molar-refractivity contribution in [1.82, 2.24) is 0 Å². The van der Waals surface area contributed by atoms with Crippen LogP contribution in [0, 0.1) is 11.3 Å². The van der Waals surface area contributed by atoms with Crippen LogP contribution in [-0.2, 0) is 14.8 Å². The number of rotatable bonds is 6. The molecule has 0 aliphatic rings. The van der Waals surface area contributed by atoms with E-state index in [1.165, 1.54) is 19.1 Å². The highest BCUT2D eigenvalue weighted by molar-refractivity contribution is 7.92. The highest BCUT2D eigenvalue weighted by Gasteiger charge is 2.22. The van der Waals surface area contributed by atoms with Gasteiger partial charge in [-0.05, 0) is 31.2 Å². The lowest BCUT2D eigenvalue weighted by Gasteiger charge is -2.22. The minimum Gasteiger partial charge on any atom is -0.323 e. The SMILES string of the molecule is CC(=O)c1cccc(N(CC(=O)Nc2ccccc2C#N)S(C)(=O)=O)c1. The van der Waals surface area contributed by atoms with Gasteiger partial charge in [0, 0.05) is 5.56 Å². The van der Waals surface area contributed by atoms with E-state index in [0.717, 1.165) is 10.6 Å². The van der Waals surface area contributed by atoms with Gasteiger partial charge in [0.15, 0.2) is 5.78 Å². The number of para-hydroxylation sites is 1. The predicted octanol–water partition coefficient (Wildman–Crippen LogP) is 2.17. The van der Waals surface area contributed by atoms with Gasteiger partial charge >= 0.3 is 0 Å². The predicted molar refractivity (Wildman–Crippen MR) is 98.4 cm³/mol. The first-order chi connectivity index (χ1) is 12.2. The van der Waals surface area contributed by atoms with Crippen molar-refractivity contribution >= 4 is 33.1 Å². The van der Waals surface area contributed by atoms with Crippen molar-refractivity contribution in [1.29, 1.82) is 5.26 Å². The molecule has 0 spiro atoms. The Balaban J connectivity index is 2.29. The van der Waals surface area contributed by atoms with E-state index in [-0.39, 0.29) is 17.0 Å². The molecule has 0 bridgehead atoms. The third kappa shape index (κ3) is 4.68. The molecular weight excluding hydrogens is 354 g/mol. The van der Waals surface area contributed by atoms with Crippen LogP contribution in [0.15, 0.2) is 48.5 Å². The highest BCUT2D eigenvalue weighted by Crippen LogP contribution is 2.20. The quantitative estimate of drug-likeness (QED) is 0.783. The lowest BCUT2D eigenvalue weighted by atomic mass is 10.1. The molecule has 2 aromatic carbocycles. The van der Waals surface area contributed by atoms with Crippen molar-refractivity contribution in [2.45, 2.75) is 6.92 Å². The zero-order valence-electron chi connectivity index (χ0n) is 14.3. The number of benzene rings is 2. The van der Waals surface area contributed by atoms with Gasteiger partial charge in [0.25, 0.3) is 0 Å². The van der Waals surface area contributed by atoms with E-state index in [9.17, 15) is 18.0 Å². The molecular formula is C18H17N3O4S. The Morgan fingerprint density at radius 3 is 2.46 bits per heavy atom. The summed E-state index contributed by atoms with van der Waals surface area (Å²) in [4.78, 5) is 23.9. The lowest BCUT2D eigenvalue weighted by Crippen LogP contribution is -2.37. The monoisotopic (exact) mass is 371 g/mol. The maximum Gasteiger partial charge on any atom is 0.245 e. The Labute approximate surface area is 151 Å². The van der Waals surface area contributed by atoms with Crippen LogP contribution in [0.1, 0.15) is 22.8 Å². The van der Waals surface area contributed by atoms with Crippen LogP contribution in [0.25, 0.3) is 0 Å². The van der Waals surface area contributed by atoms with Crippen molar-refractivity contribution in [2.75, 3.05) is 22.4 Å². The highest BCUT2D eigenvalue weighted by atomic mass is 32.2. The number of hydrogen-bond acceptors (Lipinski definition) is 5. The molecule has 0 aliphatic heterocycles. The largest absolute Gasteiger partial charge is 0.323 e. The van der Waals surface area contributed by atoms with Gasteiger partial charge in [-0.15, -0.1) is 0 Å². The third-order valence-corrected chi connectivity index (χ3v) is 4.69. The second-order valence-electron chi connectivity index (χ2n) is 5.58. The Morgan fingerprint density at radius 1 is 1.15 bits per heavy atom. The number of carbonyl (C=O) groups excluding carboxylic acids is 2. The second-order valence-corrected chi connectivity index (χ2v) is 7.49. The molecule has 0 saturated carbocycles. The topological polar surface area (TPSA) is 107 Å². The van der Waals surface area contributed by atoms with Crippen molar-refractivity contribution in [3.05, 3.63) is 59.7 Å². The summed E-state index contributed by atoms with van der Waals surface area (Å²) in [6.45, 7) is 0.884. The summed E-state index contributed by atoms with van der Waals surface area (Å²) in [5.41, 5.74) is 1.12. The van der Waals surface area contributed by atoms with Crippen LogP contribution in [0.5, 0.6) is 0 Å². The van der Waals surface area contributed by atoms with Crippen LogP contribution >= 0.6 is 0 Å². The van der Waals surface area contributed by atoms with Gasteiger partial charge in [-0.1, -0.05) is 24.3 Å². The van der Waals surface area contributed by atoms with E-state index < -0.39 is 22.5 Å². The van der Waals surface area contributed by atoms with Crippen LogP contribution in [0.4, 0.5) is 11.4 Å². The van der Waals surface area contributed by atoms with Crippen LogP contribution in [-0.4, -0.2) is 32.9 Å². The molecule has 26 heavy (non-hydrogen) atoms. The van der Waals surface area contributed by atoms with E-state index >= 15 is 0 Å². The number of nitrogens with one attached hydrogen (secondary N) is 1. The fourth-order valence-electron chi connectivity index (χ4n) is 2.29. The van der Waals surface area contributed by atoms with Crippen molar-refractivity contribution in [3.8, 4) is 6.07 Å². The first kappa shape index (κ1) is 19.1. The fourth-order valence-corrected chi connectivity index (χ4v) is 3.14. The van der Waals surface area contributed by atoms with E-state index in [2.05, 4.69) is 5.32 Å². The molecule has 1 N–H and O–H groups in total. The second kappa shape index (κ2) is 7.80. The normalized spacial score (nSPS) is 10.7. The number of nitriles is 1. The molecule has 0 saturated heterocycles. The van der Waals surface area contributed by atoms with Gasteiger partial charge in [-0.25, -0.2) is 8.42 Å². The van der Waals surface area contributed by atoms with E-state index in [1.54, 1.807) is 36.4 Å². The molecule has 0 fully saturated rings. The number of hydrogen-bond donors (Lipinski definition) is 1. The number of sulfonamides is 1. The van der Waals surface area contributed by atoms with Gasteiger partial charge < -0.3 is 5.32 Å². The van der Waals surface area contributed by atoms with Crippen molar-refractivity contribution in [2.24, 2.45) is 0 Å². The minimum atomic E-state index is -3.77. The first-order valence-corrected chi connectivity index (χ1v) is 9.45. The van der Waals surface area contributed by atoms with Gasteiger partial charge in [-0.2, -0.15) is 5.26 Å². The van der Waals surface area contributed by atoms with Gasteiger partial charge in [-0.3, -0.25) is 13.9 Å². The zero-order chi connectivity index (χ0) is 19.3. The summed E-state index contributed by atoms with van der Waals surface area (Å²) in [5, 5.41) is 11.6. The van der Waals surface area contributed by atoms with Crippen LogP contribution in [0.2, 0.25) is 0 Å². The molecule has 0 radical (unpaired) electrons. The maximum absolute atomic E-state index is 12.3. The molecule has 0 aliphatic carbocycles. The number of amides is 1. The van der Waals surface area contributed by atoms with Gasteiger partial charge in [0.2, 0.25) is 15.9 Å². The van der Waals surface area contributed by atoms with E-state index in [0.29, 0.717) is 11.3 Å². The lowest BCUT2D eigenvalue weighted by molar-refractivity contribution is -0.114. The molecule has 8 heteroatoms. The maximum atomic E-state index is 12.3. The van der Waals surface area contributed by atoms with Crippen LogP contribution in [0.3, 0.4) is 0 Å². The molecule has 2 rings (SSSR count). The zero-order valence-corrected chi connectivity index (χ0v) is 15.1. The summed E-state index contributed by atoms with van der Waals surface area (Å²) in [5.74, 6) is -0.820. The molecule has 7 nitrogen and oxygen atoms in total. The Bertz CT molecular complexity index is 993. The number of nitrogens with zero attached hydrogens (tertiary/aromatic N) is 2. The van der Waals surface area contributed by atoms with Crippen LogP contribution < -0.4 is 9.62 Å². The fraction of sp³-hybridized carbons (Fsp3) is 0.167.